The van der Waals surface area contributed by atoms with Gasteiger partial charge in [0, 0.05) is 18.8 Å². The van der Waals surface area contributed by atoms with Gasteiger partial charge >= 0.3 is 0 Å². The van der Waals surface area contributed by atoms with E-state index in [4.69, 9.17) is 0 Å². The van der Waals surface area contributed by atoms with Crippen LogP contribution in [0.25, 0.3) is 0 Å². The zero-order chi connectivity index (χ0) is 14.4. The molecule has 0 aliphatic carbocycles. The van der Waals surface area contributed by atoms with E-state index in [2.05, 4.69) is 47.8 Å². The van der Waals surface area contributed by atoms with E-state index in [9.17, 15) is 0 Å². The van der Waals surface area contributed by atoms with Gasteiger partial charge in [-0.25, -0.2) is 0 Å². The van der Waals surface area contributed by atoms with Crippen LogP contribution in [0.1, 0.15) is 44.4 Å². The molecule has 3 heteroatoms. The summed E-state index contributed by atoms with van der Waals surface area (Å²) in [5.41, 5.74) is 2.50. The third-order valence-electron chi connectivity index (χ3n) is 4.42. The first kappa shape index (κ1) is 15.5. The summed E-state index contributed by atoms with van der Waals surface area (Å²) in [5.74, 6) is 0. The van der Waals surface area contributed by atoms with Crippen molar-refractivity contribution in [1.82, 2.24) is 14.8 Å². The van der Waals surface area contributed by atoms with Gasteiger partial charge in [0.05, 0.1) is 5.69 Å². The second kappa shape index (κ2) is 7.75. The van der Waals surface area contributed by atoms with Crippen LogP contribution in [0.15, 0.2) is 18.3 Å². The molecule has 3 nitrogen and oxygen atoms in total. The Kier molecular flexibility index (Phi) is 5.99. The summed E-state index contributed by atoms with van der Waals surface area (Å²) < 4.78 is 0. The molecule has 1 fully saturated rings. The number of rotatable bonds is 7. The Bertz CT molecular complexity index is 382. The molecular weight excluding hydrogens is 246 g/mol. The van der Waals surface area contributed by atoms with E-state index < -0.39 is 0 Å². The van der Waals surface area contributed by atoms with Gasteiger partial charge in [0.15, 0.2) is 0 Å². The highest BCUT2D eigenvalue weighted by atomic mass is 15.2. The zero-order valence-electron chi connectivity index (χ0n) is 13.3. The summed E-state index contributed by atoms with van der Waals surface area (Å²) in [6.07, 6.45) is 7.10. The lowest BCUT2D eigenvalue weighted by molar-refractivity contribution is 0.214. The van der Waals surface area contributed by atoms with Crippen LogP contribution in [-0.4, -0.2) is 47.5 Å². The van der Waals surface area contributed by atoms with Crippen LogP contribution in [0.4, 0.5) is 0 Å². The summed E-state index contributed by atoms with van der Waals surface area (Å²) in [5, 5.41) is 0. The van der Waals surface area contributed by atoms with E-state index in [1.165, 1.54) is 43.6 Å². The normalized spacial score (nSPS) is 17.8. The standard InChI is InChI=1S/C17H29N3/c1-4-16-7-8-17(18-13-16)14-19(3)12-9-15(2)20-10-5-6-11-20/h7-8,13,15H,4-6,9-12,14H2,1-3H3. The third-order valence-corrected chi connectivity index (χ3v) is 4.42. The Morgan fingerprint density at radius 2 is 2.05 bits per heavy atom. The fourth-order valence-electron chi connectivity index (χ4n) is 2.89. The number of likely N-dealkylation sites (tertiary alicyclic amines) is 1. The van der Waals surface area contributed by atoms with Gasteiger partial charge in [0.2, 0.25) is 0 Å². The van der Waals surface area contributed by atoms with Crippen LogP contribution >= 0.6 is 0 Å². The molecule has 0 radical (unpaired) electrons. The summed E-state index contributed by atoms with van der Waals surface area (Å²) in [6, 6.07) is 5.08. The molecule has 0 bridgehead atoms. The minimum atomic E-state index is 0.718. The molecule has 1 aliphatic rings. The van der Waals surface area contributed by atoms with Crippen LogP contribution < -0.4 is 0 Å². The minimum absolute atomic E-state index is 0.718. The molecule has 1 atom stereocenters. The number of aryl methyl sites for hydroxylation is 1. The van der Waals surface area contributed by atoms with Crippen molar-refractivity contribution in [3.05, 3.63) is 29.6 Å². The number of hydrogen-bond acceptors (Lipinski definition) is 3. The predicted molar refractivity (Wildman–Crippen MR) is 84.8 cm³/mol. The van der Waals surface area contributed by atoms with Crippen molar-refractivity contribution >= 4 is 0 Å². The third kappa shape index (κ3) is 4.57. The highest BCUT2D eigenvalue weighted by Crippen LogP contribution is 2.14. The van der Waals surface area contributed by atoms with Gasteiger partial charge in [0.1, 0.15) is 0 Å². The van der Waals surface area contributed by atoms with E-state index in [1.807, 2.05) is 6.20 Å². The van der Waals surface area contributed by atoms with Crippen LogP contribution in [0, 0.1) is 0 Å². The van der Waals surface area contributed by atoms with Crippen molar-refractivity contribution in [2.45, 2.75) is 52.1 Å². The Hall–Kier alpha value is -0.930. The molecule has 0 aromatic carbocycles. The van der Waals surface area contributed by atoms with Crippen LogP contribution in [0.3, 0.4) is 0 Å². The number of hydrogen-bond donors (Lipinski definition) is 0. The van der Waals surface area contributed by atoms with Gasteiger partial charge in [-0.2, -0.15) is 0 Å². The lowest BCUT2D eigenvalue weighted by Gasteiger charge is -2.26. The molecule has 2 rings (SSSR count). The van der Waals surface area contributed by atoms with Crippen LogP contribution in [0.5, 0.6) is 0 Å². The van der Waals surface area contributed by atoms with Crippen molar-refractivity contribution in [3.63, 3.8) is 0 Å². The van der Waals surface area contributed by atoms with Gasteiger partial charge in [-0.05, 0) is 70.9 Å². The minimum Gasteiger partial charge on any atom is -0.301 e. The van der Waals surface area contributed by atoms with Crippen LogP contribution in [0.2, 0.25) is 0 Å². The average Bonchev–Trinajstić information content (AvgIpc) is 3.00. The van der Waals surface area contributed by atoms with E-state index >= 15 is 0 Å². The number of nitrogens with zero attached hydrogens (tertiary/aromatic N) is 3. The van der Waals surface area contributed by atoms with Gasteiger partial charge in [-0.1, -0.05) is 13.0 Å². The first-order chi connectivity index (χ1) is 9.69. The smallest absolute Gasteiger partial charge is 0.0544 e. The van der Waals surface area contributed by atoms with E-state index in [1.54, 1.807) is 0 Å². The first-order valence-electron chi connectivity index (χ1n) is 8.05. The van der Waals surface area contributed by atoms with Crippen molar-refractivity contribution in [1.29, 1.82) is 0 Å². The fraction of sp³-hybridized carbons (Fsp3) is 0.706. The monoisotopic (exact) mass is 275 g/mol. The van der Waals surface area contributed by atoms with Gasteiger partial charge < -0.3 is 9.80 Å². The molecule has 1 aromatic rings. The second-order valence-electron chi connectivity index (χ2n) is 6.13. The summed E-state index contributed by atoms with van der Waals surface area (Å²) in [4.78, 5) is 9.56. The van der Waals surface area contributed by atoms with Crippen molar-refractivity contribution in [2.24, 2.45) is 0 Å². The molecule has 1 unspecified atom stereocenters. The fourth-order valence-corrected chi connectivity index (χ4v) is 2.89. The first-order valence-corrected chi connectivity index (χ1v) is 8.05. The quantitative estimate of drug-likeness (QED) is 0.762. The molecule has 1 saturated heterocycles. The molecule has 0 amide bonds. The Labute approximate surface area is 124 Å². The SMILES string of the molecule is CCc1ccc(CN(C)CCC(C)N2CCCC2)nc1. The molecule has 0 saturated carbocycles. The maximum atomic E-state index is 4.54. The lowest BCUT2D eigenvalue weighted by atomic mass is 10.2. The number of aromatic nitrogens is 1. The molecule has 0 N–H and O–H groups in total. The molecule has 1 aromatic heterocycles. The molecule has 0 spiro atoms. The molecule has 20 heavy (non-hydrogen) atoms. The van der Waals surface area contributed by atoms with Crippen molar-refractivity contribution in [2.75, 3.05) is 26.7 Å². The highest BCUT2D eigenvalue weighted by Gasteiger charge is 2.18. The maximum Gasteiger partial charge on any atom is 0.0544 e. The maximum absolute atomic E-state index is 4.54. The van der Waals surface area contributed by atoms with Crippen molar-refractivity contribution < 1.29 is 0 Å². The van der Waals surface area contributed by atoms with E-state index in [-0.39, 0.29) is 0 Å². The second-order valence-corrected chi connectivity index (χ2v) is 6.13. The Morgan fingerprint density at radius 1 is 1.30 bits per heavy atom. The molecule has 112 valence electrons. The molecule has 1 aliphatic heterocycles. The summed E-state index contributed by atoms with van der Waals surface area (Å²) in [7, 11) is 2.20. The largest absolute Gasteiger partial charge is 0.301 e. The zero-order valence-corrected chi connectivity index (χ0v) is 13.3. The predicted octanol–water partition coefficient (Wildman–Crippen LogP) is 2.95. The van der Waals surface area contributed by atoms with E-state index in [0.29, 0.717) is 0 Å². The lowest BCUT2D eigenvalue weighted by Crippen LogP contribution is -2.33. The van der Waals surface area contributed by atoms with E-state index in [0.717, 1.165) is 25.6 Å². The Balaban J connectivity index is 1.72. The summed E-state index contributed by atoms with van der Waals surface area (Å²) >= 11 is 0. The van der Waals surface area contributed by atoms with Gasteiger partial charge in [-0.3, -0.25) is 4.98 Å². The topological polar surface area (TPSA) is 19.4 Å². The van der Waals surface area contributed by atoms with Gasteiger partial charge in [-0.15, -0.1) is 0 Å². The summed E-state index contributed by atoms with van der Waals surface area (Å²) in [6.45, 7) is 9.23. The van der Waals surface area contributed by atoms with Gasteiger partial charge in [0.25, 0.3) is 0 Å². The number of pyridine rings is 1. The Morgan fingerprint density at radius 3 is 2.65 bits per heavy atom. The average molecular weight is 275 g/mol. The van der Waals surface area contributed by atoms with Crippen molar-refractivity contribution in [3.8, 4) is 0 Å². The highest BCUT2D eigenvalue weighted by molar-refractivity contribution is 5.13. The molecular formula is C17H29N3. The molecule has 2 heterocycles. The van der Waals surface area contributed by atoms with Crippen LogP contribution in [-0.2, 0) is 13.0 Å².